The largest absolute Gasteiger partial charge is 0.497 e. The zero-order valence-electron chi connectivity index (χ0n) is 34.0. The fourth-order valence-corrected chi connectivity index (χ4v) is 6.69. The van der Waals surface area contributed by atoms with Crippen LogP contribution in [0.15, 0.2) is 126 Å². The number of hydrogen-bond acceptors (Lipinski definition) is 8. The highest BCUT2D eigenvalue weighted by molar-refractivity contribution is 5.89. The van der Waals surface area contributed by atoms with Crippen molar-refractivity contribution in [2.75, 3.05) is 32.6 Å². The second-order valence-electron chi connectivity index (χ2n) is 14.4. The van der Waals surface area contributed by atoms with Gasteiger partial charge in [0.2, 0.25) is 11.8 Å². The molecule has 0 bridgehead atoms. The maximum Gasteiger partial charge on any atom is 0.256 e. The van der Waals surface area contributed by atoms with Gasteiger partial charge in [0.05, 0.1) is 26.3 Å². The molecule has 12 nitrogen and oxygen atoms in total. The highest BCUT2D eigenvalue weighted by Crippen LogP contribution is 2.40. The van der Waals surface area contributed by atoms with E-state index in [-0.39, 0.29) is 29.7 Å². The van der Waals surface area contributed by atoms with Gasteiger partial charge >= 0.3 is 0 Å². The number of ether oxygens (including phenoxy) is 2. The molecular formula is C47H55N5O7. The van der Waals surface area contributed by atoms with E-state index in [1.165, 1.54) is 19.3 Å². The van der Waals surface area contributed by atoms with Crippen LogP contribution in [0.25, 0.3) is 22.2 Å². The third-order valence-electron chi connectivity index (χ3n) is 10.1. The van der Waals surface area contributed by atoms with Crippen molar-refractivity contribution < 1.29 is 28.7 Å². The van der Waals surface area contributed by atoms with E-state index in [4.69, 9.17) is 20.0 Å². The summed E-state index contributed by atoms with van der Waals surface area (Å²) in [5.41, 5.74) is 11.2. The zero-order valence-corrected chi connectivity index (χ0v) is 34.0. The van der Waals surface area contributed by atoms with E-state index in [1.807, 2.05) is 91.0 Å². The standard InChI is InChI=1S/C17H23NO2.C16H13NO2.C14H19N3O3/c1-2-3-4-5-7-10-14-13-16(14)17(19)18-20-15-11-8-6-9-12-15;1-19-12-7-8-13-15(9-12)17-14(10-16(13)18)11-5-3-2-4-6-11;1-20-11-5-2-4-10(8-11)16-9-13(18)17-7-3-6-12(17)14(15)19/h6-12,14,16H,2-5,13H2,1H3,(H,18,19);2-10H,1H3,(H,17,18);2,4-5,8,12,16H,3,6-7,9H2,1H3,(H2,15,19)/b10-7-;;. The second kappa shape index (κ2) is 22.4. The number of unbranched alkanes of at least 4 members (excludes halogenated alkanes) is 3. The first-order chi connectivity index (χ1) is 28.7. The number of rotatable bonds is 15. The molecule has 1 saturated carbocycles. The monoisotopic (exact) mass is 801 g/mol. The first-order valence-corrected chi connectivity index (χ1v) is 20.1. The number of aromatic nitrogens is 1. The van der Waals surface area contributed by atoms with E-state index in [9.17, 15) is 19.2 Å². The average Bonchev–Trinajstić information content (AvgIpc) is 3.87. The minimum absolute atomic E-state index is 0.00950. The Balaban J connectivity index is 0.000000168. The maximum atomic E-state index is 12.1. The van der Waals surface area contributed by atoms with Crippen LogP contribution in [0.1, 0.15) is 51.9 Å². The third-order valence-corrected chi connectivity index (χ3v) is 10.1. The zero-order chi connectivity index (χ0) is 42.0. The number of para-hydroxylation sites is 1. The molecule has 3 atom stereocenters. The Kier molecular flexibility index (Phi) is 16.5. The van der Waals surface area contributed by atoms with Crippen LogP contribution in [-0.2, 0) is 14.4 Å². The van der Waals surface area contributed by atoms with Crippen LogP contribution in [-0.4, -0.2) is 61.0 Å². The number of carbonyl (C=O) groups excluding carboxylic acids is 3. The molecule has 0 radical (unpaired) electrons. The Morgan fingerprint density at radius 3 is 2.29 bits per heavy atom. The molecule has 1 saturated heterocycles. The molecule has 1 aliphatic carbocycles. The Morgan fingerprint density at radius 1 is 0.864 bits per heavy atom. The number of allylic oxidation sites excluding steroid dienone is 2. The number of carbonyl (C=O) groups is 3. The summed E-state index contributed by atoms with van der Waals surface area (Å²) in [6.45, 7) is 2.93. The first kappa shape index (κ1) is 43.6. The van der Waals surface area contributed by atoms with Gasteiger partial charge in [-0.2, -0.15) is 5.48 Å². The van der Waals surface area contributed by atoms with Crippen LogP contribution < -0.4 is 36.3 Å². The molecule has 12 heteroatoms. The van der Waals surface area contributed by atoms with E-state index >= 15 is 0 Å². The van der Waals surface area contributed by atoms with Crippen molar-refractivity contribution in [1.82, 2.24) is 15.4 Å². The van der Waals surface area contributed by atoms with Crippen LogP contribution in [0.4, 0.5) is 5.69 Å². The van der Waals surface area contributed by atoms with Crippen LogP contribution in [0.5, 0.6) is 17.2 Å². The van der Waals surface area contributed by atoms with Crippen molar-refractivity contribution in [3.8, 4) is 28.5 Å². The van der Waals surface area contributed by atoms with E-state index in [1.54, 1.807) is 37.3 Å². The number of nitrogens with two attached hydrogens (primary N) is 1. The number of likely N-dealkylation sites (tertiary alicyclic amines) is 1. The molecular weight excluding hydrogens is 747 g/mol. The summed E-state index contributed by atoms with van der Waals surface area (Å²) in [6.07, 6.45) is 11.7. The summed E-state index contributed by atoms with van der Waals surface area (Å²) in [4.78, 5) is 57.4. The number of hydroxylamine groups is 1. The molecule has 3 unspecified atom stereocenters. The average molecular weight is 802 g/mol. The van der Waals surface area contributed by atoms with Gasteiger partial charge < -0.3 is 35.2 Å². The normalized spacial score (nSPS) is 16.5. The van der Waals surface area contributed by atoms with Crippen LogP contribution in [0.3, 0.4) is 0 Å². The molecule has 2 fully saturated rings. The van der Waals surface area contributed by atoms with Gasteiger partial charge in [0.25, 0.3) is 5.91 Å². The Bertz CT molecular complexity index is 2210. The summed E-state index contributed by atoms with van der Waals surface area (Å²) in [5.74, 6) is 2.03. The van der Waals surface area contributed by atoms with Crippen molar-refractivity contribution in [3.63, 3.8) is 0 Å². The molecule has 3 amide bonds. The van der Waals surface area contributed by atoms with Gasteiger partial charge in [-0.05, 0) is 80.0 Å². The number of H-pyrrole nitrogens is 1. The Labute approximate surface area is 345 Å². The fourth-order valence-electron chi connectivity index (χ4n) is 6.69. The number of aromatic amines is 1. The predicted octanol–water partition coefficient (Wildman–Crippen LogP) is 7.66. The Hall–Kier alpha value is -6.56. The second-order valence-corrected chi connectivity index (χ2v) is 14.4. The highest BCUT2D eigenvalue weighted by Gasteiger charge is 2.41. The van der Waals surface area contributed by atoms with Gasteiger partial charge in [-0.25, -0.2) is 0 Å². The SMILES string of the molecule is CCCCC/C=C\C1CC1C(=O)NOc1ccccc1.COc1ccc2c(=O)cc(-c3ccccc3)[nH]c2c1.COc1cccc(NCC(=O)N2CCCC2C(N)=O)c1. The smallest absolute Gasteiger partial charge is 0.256 e. The topological polar surface area (TPSA) is 165 Å². The highest BCUT2D eigenvalue weighted by atomic mass is 16.7. The van der Waals surface area contributed by atoms with Crippen molar-refractivity contribution >= 4 is 34.3 Å². The molecule has 5 N–H and O–H groups in total. The van der Waals surface area contributed by atoms with Crippen molar-refractivity contribution in [2.45, 2.75) is 57.9 Å². The number of methoxy groups -OCH3 is 2. The summed E-state index contributed by atoms with van der Waals surface area (Å²) in [7, 11) is 3.20. The molecule has 7 rings (SSSR count). The summed E-state index contributed by atoms with van der Waals surface area (Å²) < 4.78 is 10.3. The summed E-state index contributed by atoms with van der Waals surface area (Å²) >= 11 is 0. The number of fused-ring (bicyclic) bond motifs is 1. The molecule has 2 heterocycles. The van der Waals surface area contributed by atoms with Gasteiger partial charge in [0, 0.05) is 47.4 Å². The lowest BCUT2D eigenvalue weighted by Gasteiger charge is -2.22. The fraction of sp³-hybridized carbons (Fsp3) is 0.319. The number of amides is 3. The molecule has 4 aromatic carbocycles. The van der Waals surface area contributed by atoms with Gasteiger partial charge in [-0.3, -0.25) is 19.2 Å². The quantitative estimate of drug-likeness (QED) is 0.0476. The molecule has 310 valence electrons. The van der Waals surface area contributed by atoms with E-state index in [2.05, 4.69) is 34.9 Å². The molecule has 0 spiro atoms. The third kappa shape index (κ3) is 13.2. The number of hydrogen-bond donors (Lipinski definition) is 4. The van der Waals surface area contributed by atoms with Crippen molar-refractivity contribution in [3.05, 3.63) is 132 Å². The minimum atomic E-state index is -0.463. The first-order valence-electron chi connectivity index (χ1n) is 20.1. The predicted molar refractivity (Wildman–Crippen MR) is 232 cm³/mol. The molecule has 5 aromatic rings. The number of nitrogens with zero attached hydrogens (tertiary/aromatic N) is 1. The minimum Gasteiger partial charge on any atom is -0.497 e. The van der Waals surface area contributed by atoms with Crippen molar-refractivity contribution in [2.24, 2.45) is 17.6 Å². The number of benzene rings is 4. The van der Waals surface area contributed by atoms with E-state index < -0.39 is 11.9 Å². The molecule has 1 aliphatic heterocycles. The maximum absolute atomic E-state index is 12.1. The Morgan fingerprint density at radius 2 is 1.58 bits per heavy atom. The lowest BCUT2D eigenvalue weighted by Crippen LogP contribution is -2.45. The molecule has 2 aliphatic rings. The van der Waals surface area contributed by atoms with Gasteiger partial charge in [0.15, 0.2) is 11.2 Å². The summed E-state index contributed by atoms with van der Waals surface area (Å²) in [5, 5.41) is 3.70. The number of primary amides is 1. The number of anilines is 1. The van der Waals surface area contributed by atoms with Gasteiger partial charge in [-0.1, -0.05) is 86.5 Å². The van der Waals surface area contributed by atoms with E-state index in [0.717, 1.165) is 53.2 Å². The lowest BCUT2D eigenvalue weighted by atomic mass is 10.1. The van der Waals surface area contributed by atoms with E-state index in [0.29, 0.717) is 30.0 Å². The van der Waals surface area contributed by atoms with Crippen LogP contribution in [0, 0.1) is 11.8 Å². The molecule has 59 heavy (non-hydrogen) atoms. The van der Waals surface area contributed by atoms with Gasteiger partial charge in [-0.15, -0.1) is 0 Å². The van der Waals surface area contributed by atoms with Crippen LogP contribution in [0.2, 0.25) is 0 Å². The molecule has 1 aromatic heterocycles. The lowest BCUT2D eigenvalue weighted by molar-refractivity contribution is -0.135. The number of pyridine rings is 1. The number of nitrogens with one attached hydrogen (secondary N) is 3. The van der Waals surface area contributed by atoms with Crippen molar-refractivity contribution in [1.29, 1.82) is 0 Å². The summed E-state index contributed by atoms with van der Waals surface area (Å²) in [6, 6.07) is 33.0. The van der Waals surface area contributed by atoms with Crippen LogP contribution >= 0.6 is 0 Å². The van der Waals surface area contributed by atoms with Gasteiger partial charge in [0.1, 0.15) is 17.5 Å².